The van der Waals surface area contributed by atoms with Gasteiger partial charge in [0.15, 0.2) is 0 Å². The van der Waals surface area contributed by atoms with E-state index in [0.29, 0.717) is 6.42 Å². The summed E-state index contributed by atoms with van der Waals surface area (Å²) in [6.45, 7) is 3.92. The Hall–Kier alpha value is -2.47. The molecule has 2 amide bonds. The first-order valence-corrected chi connectivity index (χ1v) is 9.91. The van der Waals surface area contributed by atoms with E-state index in [9.17, 15) is 9.59 Å². The second-order valence-electron chi connectivity index (χ2n) is 6.16. The van der Waals surface area contributed by atoms with Gasteiger partial charge in [-0.05, 0) is 55.8 Å². The number of carbonyl (C=O) groups is 2. The Morgan fingerprint density at radius 2 is 1.81 bits per heavy atom. The van der Waals surface area contributed by atoms with E-state index in [1.54, 1.807) is 31.4 Å². The molecule has 2 N–H and O–H groups in total. The van der Waals surface area contributed by atoms with Gasteiger partial charge in [0.25, 0.3) is 0 Å². The van der Waals surface area contributed by atoms with E-state index in [1.165, 1.54) is 11.8 Å². The molecule has 0 fully saturated rings. The van der Waals surface area contributed by atoms with Crippen LogP contribution in [0.3, 0.4) is 0 Å². The Morgan fingerprint density at radius 3 is 2.48 bits per heavy atom. The normalized spacial score (nSPS) is 11.5. The van der Waals surface area contributed by atoms with Crippen molar-refractivity contribution in [2.45, 2.75) is 43.3 Å². The molecule has 1 unspecified atom stereocenters. The summed E-state index contributed by atoms with van der Waals surface area (Å²) >= 11 is 1.45. The molecule has 2 aromatic carbocycles. The van der Waals surface area contributed by atoms with Crippen LogP contribution in [0.15, 0.2) is 53.4 Å². The first-order chi connectivity index (χ1) is 13.0. The van der Waals surface area contributed by atoms with E-state index in [4.69, 9.17) is 4.74 Å². The molecule has 6 heteroatoms. The van der Waals surface area contributed by atoms with Crippen LogP contribution in [0.2, 0.25) is 0 Å². The number of methoxy groups -OCH3 is 1. The smallest absolute Gasteiger partial charge is 0.237 e. The molecule has 0 saturated carbocycles. The highest BCUT2D eigenvalue weighted by molar-refractivity contribution is 8.00. The molecule has 0 aliphatic rings. The number of benzene rings is 2. The highest BCUT2D eigenvalue weighted by Crippen LogP contribution is 2.27. The van der Waals surface area contributed by atoms with Crippen molar-refractivity contribution in [3.05, 3.63) is 48.5 Å². The fourth-order valence-corrected chi connectivity index (χ4v) is 3.31. The highest BCUT2D eigenvalue weighted by atomic mass is 32.2. The first-order valence-electron chi connectivity index (χ1n) is 9.03. The van der Waals surface area contributed by atoms with Gasteiger partial charge in [0.1, 0.15) is 5.75 Å². The van der Waals surface area contributed by atoms with Crippen molar-refractivity contribution in [1.82, 2.24) is 0 Å². The standard InChI is InChI=1S/C21H26N2O3S/c1-4-5-9-20(24)22-17-7-6-8-19(14-17)27-15(2)21(25)23-16-10-12-18(26-3)13-11-16/h6-8,10-15H,4-5,9H2,1-3H3,(H,22,24)(H,23,25). The lowest BCUT2D eigenvalue weighted by Gasteiger charge is -2.13. The summed E-state index contributed by atoms with van der Waals surface area (Å²) in [5, 5.41) is 5.52. The fourth-order valence-electron chi connectivity index (χ4n) is 2.38. The van der Waals surface area contributed by atoms with Crippen LogP contribution >= 0.6 is 11.8 Å². The van der Waals surface area contributed by atoms with Gasteiger partial charge in [0.2, 0.25) is 11.8 Å². The molecule has 0 bridgehead atoms. The molecule has 0 spiro atoms. The summed E-state index contributed by atoms with van der Waals surface area (Å²) in [5.74, 6) is 0.681. The Kier molecular flexibility index (Phi) is 8.20. The maximum atomic E-state index is 12.4. The lowest BCUT2D eigenvalue weighted by Crippen LogP contribution is -2.22. The molecule has 2 aromatic rings. The van der Waals surface area contributed by atoms with Crippen LogP contribution < -0.4 is 15.4 Å². The number of nitrogens with one attached hydrogen (secondary N) is 2. The molecular formula is C21H26N2O3S. The number of carbonyl (C=O) groups excluding carboxylic acids is 2. The minimum atomic E-state index is -0.279. The average Bonchev–Trinajstić information content (AvgIpc) is 2.67. The Morgan fingerprint density at radius 1 is 1.07 bits per heavy atom. The SMILES string of the molecule is CCCCC(=O)Nc1cccc(SC(C)C(=O)Nc2ccc(OC)cc2)c1. The van der Waals surface area contributed by atoms with Crippen LogP contribution in [0.25, 0.3) is 0 Å². The first kappa shape index (κ1) is 20.8. The van der Waals surface area contributed by atoms with Crippen molar-refractivity contribution in [3.8, 4) is 5.75 Å². The molecule has 2 rings (SSSR count). The predicted octanol–water partition coefficient (Wildman–Crippen LogP) is 4.94. The fraction of sp³-hybridized carbons (Fsp3) is 0.333. The monoisotopic (exact) mass is 386 g/mol. The molecular weight excluding hydrogens is 360 g/mol. The predicted molar refractivity (Wildman–Crippen MR) is 112 cm³/mol. The Balaban J connectivity index is 1.91. The average molecular weight is 387 g/mol. The molecule has 0 heterocycles. The van der Waals surface area contributed by atoms with Crippen molar-refractivity contribution >= 4 is 35.0 Å². The number of hydrogen-bond acceptors (Lipinski definition) is 4. The number of anilines is 2. The lowest BCUT2D eigenvalue weighted by atomic mass is 10.2. The zero-order valence-electron chi connectivity index (χ0n) is 16.0. The molecule has 0 aliphatic carbocycles. The maximum absolute atomic E-state index is 12.4. The summed E-state index contributed by atoms with van der Waals surface area (Å²) in [6.07, 6.45) is 2.39. The van der Waals surface area contributed by atoms with Crippen LogP contribution in [0.4, 0.5) is 11.4 Å². The highest BCUT2D eigenvalue weighted by Gasteiger charge is 2.15. The minimum Gasteiger partial charge on any atom is -0.497 e. The van der Waals surface area contributed by atoms with Gasteiger partial charge in [0, 0.05) is 22.7 Å². The van der Waals surface area contributed by atoms with Crippen molar-refractivity contribution in [3.63, 3.8) is 0 Å². The van der Waals surface area contributed by atoms with Gasteiger partial charge >= 0.3 is 0 Å². The van der Waals surface area contributed by atoms with E-state index < -0.39 is 0 Å². The van der Waals surface area contributed by atoms with Gasteiger partial charge in [-0.1, -0.05) is 19.4 Å². The summed E-state index contributed by atoms with van der Waals surface area (Å²) in [7, 11) is 1.60. The second kappa shape index (κ2) is 10.6. The molecule has 5 nitrogen and oxygen atoms in total. The van der Waals surface area contributed by atoms with Crippen molar-refractivity contribution in [2.24, 2.45) is 0 Å². The molecule has 144 valence electrons. The number of ether oxygens (including phenoxy) is 1. The third-order valence-corrected chi connectivity index (χ3v) is 5.01. The lowest BCUT2D eigenvalue weighted by molar-refractivity contribution is -0.116. The van der Waals surface area contributed by atoms with Crippen LogP contribution in [0.1, 0.15) is 33.1 Å². The van der Waals surface area contributed by atoms with Gasteiger partial charge < -0.3 is 15.4 Å². The second-order valence-corrected chi connectivity index (χ2v) is 7.57. The Labute approximate surface area is 164 Å². The van der Waals surface area contributed by atoms with Gasteiger partial charge in [0.05, 0.1) is 12.4 Å². The minimum absolute atomic E-state index is 0.0179. The third kappa shape index (κ3) is 6.98. The van der Waals surface area contributed by atoms with E-state index in [2.05, 4.69) is 17.6 Å². The zero-order chi connectivity index (χ0) is 19.6. The van der Waals surface area contributed by atoms with E-state index in [1.807, 2.05) is 31.2 Å². The van der Waals surface area contributed by atoms with Crippen LogP contribution in [0.5, 0.6) is 5.75 Å². The molecule has 0 saturated heterocycles. The summed E-state index contributed by atoms with van der Waals surface area (Å²) in [5.41, 5.74) is 1.48. The van der Waals surface area contributed by atoms with E-state index in [-0.39, 0.29) is 17.1 Å². The van der Waals surface area contributed by atoms with Crippen LogP contribution in [-0.2, 0) is 9.59 Å². The summed E-state index contributed by atoms with van der Waals surface area (Å²) in [6, 6.07) is 14.8. The third-order valence-electron chi connectivity index (χ3n) is 3.91. The summed E-state index contributed by atoms with van der Waals surface area (Å²) < 4.78 is 5.11. The number of rotatable bonds is 9. The van der Waals surface area contributed by atoms with Crippen molar-refractivity contribution in [1.29, 1.82) is 0 Å². The summed E-state index contributed by atoms with van der Waals surface area (Å²) in [4.78, 5) is 25.2. The molecule has 0 aliphatic heterocycles. The quantitative estimate of drug-likeness (QED) is 0.599. The van der Waals surface area contributed by atoms with Gasteiger partial charge in [-0.2, -0.15) is 0 Å². The van der Waals surface area contributed by atoms with Gasteiger partial charge in [-0.25, -0.2) is 0 Å². The van der Waals surface area contributed by atoms with Crippen LogP contribution in [0, 0.1) is 0 Å². The van der Waals surface area contributed by atoms with Gasteiger partial charge in [-0.15, -0.1) is 11.8 Å². The molecule has 0 radical (unpaired) electrons. The Bertz CT molecular complexity index is 762. The largest absolute Gasteiger partial charge is 0.497 e. The van der Waals surface area contributed by atoms with Gasteiger partial charge in [-0.3, -0.25) is 9.59 Å². The number of amides is 2. The number of thioether (sulfide) groups is 1. The van der Waals surface area contributed by atoms with Crippen molar-refractivity contribution < 1.29 is 14.3 Å². The number of hydrogen-bond donors (Lipinski definition) is 2. The zero-order valence-corrected chi connectivity index (χ0v) is 16.8. The van der Waals surface area contributed by atoms with Crippen molar-refractivity contribution in [2.75, 3.05) is 17.7 Å². The molecule has 1 atom stereocenters. The molecule has 27 heavy (non-hydrogen) atoms. The maximum Gasteiger partial charge on any atom is 0.237 e. The number of unbranched alkanes of at least 4 members (excludes halogenated alkanes) is 1. The topological polar surface area (TPSA) is 67.4 Å². The van der Waals surface area contributed by atoms with E-state index >= 15 is 0 Å². The molecule has 0 aromatic heterocycles. The van der Waals surface area contributed by atoms with Crippen LogP contribution in [-0.4, -0.2) is 24.2 Å². The van der Waals surface area contributed by atoms with E-state index in [0.717, 1.165) is 34.9 Å².